The average molecular weight is 314 g/mol. The quantitative estimate of drug-likeness (QED) is 0.670. The van der Waals surface area contributed by atoms with Crippen LogP contribution in [0, 0.1) is 0 Å². The van der Waals surface area contributed by atoms with Crippen LogP contribution in [0.1, 0.15) is 16.1 Å². The summed E-state index contributed by atoms with van der Waals surface area (Å²) in [5.41, 5.74) is 9.79. The van der Waals surface area contributed by atoms with Gasteiger partial charge in [0.05, 0.1) is 19.2 Å². The molecule has 118 valence electrons. The van der Waals surface area contributed by atoms with Crippen LogP contribution < -0.4 is 11.2 Å². The van der Waals surface area contributed by atoms with Gasteiger partial charge < -0.3 is 14.9 Å². The van der Waals surface area contributed by atoms with E-state index in [4.69, 9.17) is 10.2 Å². The first kappa shape index (κ1) is 14.6. The van der Waals surface area contributed by atoms with Gasteiger partial charge in [-0.25, -0.2) is 4.79 Å². The highest BCUT2D eigenvalue weighted by atomic mass is 16.5. The Morgan fingerprint density at radius 3 is 2.74 bits per heavy atom. The second-order valence-corrected chi connectivity index (χ2v) is 4.62. The van der Waals surface area contributed by atoms with E-state index in [1.54, 1.807) is 24.3 Å². The maximum atomic E-state index is 11.4. The molecule has 0 aliphatic heterocycles. The second kappa shape index (κ2) is 6.18. The highest BCUT2D eigenvalue weighted by Gasteiger charge is 2.09. The van der Waals surface area contributed by atoms with Gasteiger partial charge in [-0.2, -0.15) is 0 Å². The Morgan fingerprint density at radius 1 is 1.30 bits per heavy atom. The Bertz CT molecular complexity index is 808. The van der Waals surface area contributed by atoms with Gasteiger partial charge in [0, 0.05) is 5.56 Å². The van der Waals surface area contributed by atoms with Crippen LogP contribution >= 0.6 is 0 Å². The number of tetrazole rings is 1. The molecule has 0 saturated carbocycles. The molecule has 0 amide bonds. The van der Waals surface area contributed by atoms with Gasteiger partial charge in [0.1, 0.15) is 11.5 Å². The molecular formula is C14H14N6O3. The zero-order chi connectivity index (χ0) is 16.2. The van der Waals surface area contributed by atoms with Crippen LogP contribution in [0.4, 0.5) is 5.95 Å². The summed E-state index contributed by atoms with van der Waals surface area (Å²) in [6, 6.07) is 10.6. The molecule has 9 heteroatoms. The van der Waals surface area contributed by atoms with Crippen molar-refractivity contribution in [1.29, 1.82) is 0 Å². The third kappa shape index (κ3) is 3.12. The third-order valence-electron chi connectivity index (χ3n) is 3.15. The third-order valence-corrected chi connectivity index (χ3v) is 3.15. The zero-order valence-corrected chi connectivity index (χ0v) is 12.3. The highest BCUT2D eigenvalue weighted by Crippen LogP contribution is 2.23. The molecule has 3 aromatic rings. The van der Waals surface area contributed by atoms with Gasteiger partial charge in [-0.1, -0.05) is 17.2 Å². The number of nitrogens with one attached hydrogen (secondary N) is 1. The monoisotopic (exact) mass is 314 g/mol. The van der Waals surface area contributed by atoms with Crippen molar-refractivity contribution in [2.75, 3.05) is 18.3 Å². The smallest absolute Gasteiger partial charge is 0.337 e. The number of esters is 1. The molecule has 0 aliphatic carbocycles. The summed E-state index contributed by atoms with van der Waals surface area (Å²) in [4.78, 5) is 12.7. The number of anilines is 1. The maximum Gasteiger partial charge on any atom is 0.337 e. The molecule has 0 unspecified atom stereocenters. The second-order valence-electron chi connectivity index (χ2n) is 4.62. The van der Waals surface area contributed by atoms with Gasteiger partial charge in [0.15, 0.2) is 0 Å². The van der Waals surface area contributed by atoms with Crippen molar-refractivity contribution in [3.63, 3.8) is 0 Å². The lowest BCUT2D eigenvalue weighted by atomic mass is 10.1. The number of carbonyl (C=O) groups is 1. The van der Waals surface area contributed by atoms with Crippen LogP contribution in [0.3, 0.4) is 0 Å². The minimum absolute atomic E-state index is 0.162. The number of rotatable bonds is 5. The fraction of sp³-hybridized carbons (Fsp3) is 0.143. The van der Waals surface area contributed by atoms with E-state index >= 15 is 0 Å². The van der Waals surface area contributed by atoms with E-state index in [9.17, 15) is 4.79 Å². The van der Waals surface area contributed by atoms with Crippen LogP contribution in [0.2, 0.25) is 0 Å². The molecule has 0 atom stereocenters. The summed E-state index contributed by atoms with van der Waals surface area (Å²) in [5, 5.41) is 10.6. The summed E-state index contributed by atoms with van der Waals surface area (Å²) in [7, 11) is 1.35. The summed E-state index contributed by atoms with van der Waals surface area (Å²) in [5.74, 6) is 1.16. The molecule has 23 heavy (non-hydrogen) atoms. The van der Waals surface area contributed by atoms with Crippen LogP contribution in [0.25, 0.3) is 11.3 Å². The normalized spacial score (nSPS) is 10.5. The number of hydrogen-bond acceptors (Lipinski definition) is 8. The number of ether oxygens (including phenoxy) is 1. The molecule has 2 aromatic heterocycles. The van der Waals surface area contributed by atoms with E-state index in [2.05, 4.69) is 25.7 Å². The summed E-state index contributed by atoms with van der Waals surface area (Å²) >= 11 is 0. The van der Waals surface area contributed by atoms with Crippen LogP contribution in [-0.2, 0) is 11.3 Å². The Balaban J connectivity index is 1.69. The van der Waals surface area contributed by atoms with E-state index in [1.807, 2.05) is 12.1 Å². The number of benzene rings is 1. The van der Waals surface area contributed by atoms with Gasteiger partial charge >= 0.3 is 5.97 Å². The highest BCUT2D eigenvalue weighted by molar-refractivity contribution is 5.89. The molecular weight excluding hydrogens is 300 g/mol. The standard InChI is InChI=1S/C14H14N6O3/c1-22-13(21)10-4-2-9(3-5-10)12-7-6-11(23-12)8-16-20-14(15)17-18-19-20/h2-7,16H,8H2,1H3,(H2,15,17,19). The van der Waals surface area contributed by atoms with E-state index in [0.29, 0.717) is 23.6 Å². The fourth-order valence-corrected chi connectivity index (χ4v) is 1.98. The number of methoxy groups -OCH3 is 1. The van der Waals surface area contributed by atoms with Crippen molar-refractivity contribution < 1.29 is 13.9 Å². The first-order valence-electron chi connectivity index (χ1n) is 6.72. The largest absolute Gasteiger partial charge is 0.465 e. The molecule has 0 fully saturated rings. The lowest BCUT2D eigenvalue weighted by Gasteiger charge is -2.03. The number of furan rings is 1. The first-order chi connectivity index (χ1) is 11.2. The molecule has 0 saturated heterocycles. The molecule has 3 N–H and O–H groups in total. The minimum Gasteiger partial charge on any atom is -0.465 e. The molecule has 0 spiro atoms. The van der Waals surface area contributed by atoms with Crippen LogP contribution in [0.5, 0.6) is 0 Å². The van der Waals surface area contributed by atoms with Crippen molar-refractivity contribution >= 4 is 11.9 Å². The summed E-state index contributed by atoms with van der Waals surface area (Å²) < 4.78 is 10.4. The fourth-order valence-electron chi connectivity index (χ4n) is 1.98. The number of aromatic nitrogens is 4. The Hall–Kier alpha value is -3.36. The zero-order valence-electron chi connectivity index (χ0n) is 12.3. The van der Waals surface area contributed by atoms with Crippen molar-refractivity contribution in [3.8, 4) is 11.3 Å². The minimum atomic E-state index is -0.375. The first-order valence-corrected chi connectivity index (χ1v) is 6.72. The molecule has 0 bridgehead atoms. The Kier molecular flexibility index (Phi) is 3.91. The predicted molar refractivity (Wildman–Crippen MR) is 80.8 cm³/mol. The topological polar surface area (TPSA) is 121 Å². The molecule has 3 rings (SSSR count). The molecule has 0 radical (unpaired) electrons. The van der Waals surface area contributed by atoms with Gasteiger partial charge in [-0.3, -0.25) is 5.43 Å². The predicted octanol–water partition coefficient (Wildman–Crippen LogP) is 1.05. The van der Waals surface area contributed by atoms with E-state index in [1.165, 1.54) is 11.9 Å². The number of nitrogens with two attached hydrogens (primary N) is 1. The Labute approximate surface area is 131 Å². The van der Waals surface area contributed by atoms with Gasteiger partial charge in [0.2, 0.25) is 0 Å². The SMILES string of the molecule is COC(=O)c1ccc(-c2ccc(CNn3nnnc3N)o2)cc1. The van der Waals surface area contributed by atoms with Crippen LogP contribution in [-0.4, -0.2) is 33.4 Å². The number of nitrogens with zero attached hydrogens (tertiary/aromatic N) is 4. The lowest BCUT2D eigenvalue weighted by molar-refractivity contribution is 0.0600. The lowest BCUT2D eigenvalue weighted by Crippen LogP contribution is -2.18. The van der Waals surface area contributed by atoms with E-state index in [0.717, 1.165) is 5.56 Å². The summed E-state index contributed by atoms with van der Waals surface area (Å²) in [6.07, 6.45) is 0. The van der Waals surface area contributed by atoms with Crippen molar-refractivity contribution in [2.24, 2.45) is 0 Å². The van der Waals surface area contributed by atoms with Crippen LogP contribution in [0.15, 0.2) is 40.8 Å². The Morgan fingerprint density at radius 2 is 2.09 bits per heavy atom. The average Bonchev–Trinajstić information content (AvgIpc) is 3.21. The maximum absolute atomic E-state index is 11.4. The van der Waals surface area contributed by atoms with Crippen molar-refractivity contribution in [3.05, 3.63) is 47.7 Å². The molecule has 0 aliphatic rings. The van der Waals surface area contributed by atoms with Crippen molar-refractivity contribution in [1.82, 2.24) is 20.3 Å². The van der Waals surface area contributed by atoms with E-state index < -0.39 is 0 Å². The number of hydrogen-bond donors (Lipinski definition) is 2. The molecule has 1 aromatic carbocycles. The number of nitrogen functional groups attached to an aromatic ring is 1. The van der Waals surface area contributed by atoms with Crippen molar-refractivity contribution in [2.45, 2.75) is 6.54 Å². The van der Waals surface area contributed by atoms with Gasteiger partial charge in [0.25, 0.3) is 5.95 Å². The van der Waals surface area contributed by atoms with E-state index in [-0.39, 0.29) is 11.9 Å². The number of carbonyl (C=O) groups excluding carboxylic acids is 1. The molecule has 2 heterocycles. The molecule has 9 nitrogen and oxygen atoms in total. The summed E-state index contributed by atoms with van der Waals surface area (Å²) in [6.45, 7) is 0.371. The van der Waals surface area contributed by atoms with Gasteiger partial charge in [-0.05, 0) is 34.7 Å². The van der Waals surface area contributed by atoms with Gasteiger partial charge in [-0.15, -0.1) is 4.79 Å².